The predicted molar refractivity (Wildman–Crippen MR) is 86.8 cm³/mol. The maximum Gasteiger partial charge on any atom is 0.235 e. The number of anilines is 1. The number of hydrogen-bond acceptors (Lipinski definition) is 3. The van der Waals surface area contributed by atoms with Gasteiger partial charge in [0, 0.05) is 28.5 Å². The van der Waals surface area contributed by atoms with Crippen LogP contribution in [0.3, 0.4) is 0 Å². The number of benzene rings is 1. The van der Waals surface area contributed by atoms with Crippen LogP contribution < -0.4 is 5.32 Å². The van der Waals surface area contributed by atoms with Crippen LogP contribution in [0.4, 0.5) is 5.82 Å². The monoisotopic (exact) mass is 300 g/mol. The molecule has 1 aromatic carbocycles. The summed E-state index contributed by atoms with van der Waals surface area (Å²) < 4.78 is 1.96. The largest absolute Gasteiger partial charge is 0.365 e. The van der Waals surface area contributed by atoms with E-state index in [4.69, 9.17) is 11.6 Å². The smallest absolute Gasteiger partial charge is 0.235 e. The third kappa shape index (κ3) is 2.85. The van der Waals surface area contributed by atoms with Gasteiger partial charge in [-0.15, -0.1) is 0 Å². The molecule has 0 saturated carbocycles. The summed E-state index contributed by atoms with van der Waals surface area (Å²) in [4.78, 5) is 8.96. The van der Waals surface area contributed by atoms with E-state index in [1.54, 1.807) is 6.20 Å². The number of imidazole rings is 1. The van der Waals surface area contributed by atoms with Crippen molar-refractivity contribution in [2.24, 2.45) is 0 Å². The van der Waals surface area contributed by atoms with Crippen LogP contribution in [0.5, 0.6) is 0 Å². The number of halogens is 1. The zero-order valence-corrected chi connectivity index (χ0v) is 13.0. The molecular formula is C16H17ClN4. The third-order valence-electron chi connectivity index (χ3n) is 3.00. The Morgan fingerprint density at radius 1 is 1.19 bits per heavy atom. The number of aromatic nitrogens is 3. The summed E-state index contributed by atoms with van der Waals surface area (Å²) in [6.07, 6.45) is 3.70. The van der Waals surface area contributed by atoms with Gasteiger partial charge in [0.2, 0.25) is 5.78 Å². The fourth-order valence-corrected chi connectivity index (χ4v) is 2.39. The first-order valence-electron chi connectivity index (χ1n) is 6.81. The topological polar surface area (TPSA) is 42.2 Å². The lowest BCUT2D eigenvalue weighted by Crippen LogP contribution is -2.27. The van der Waals surface area contributed by atoms with Gasteiger partial charge >= 0.3 is 0 Å². The minimum atomic E-state index is -0.0842. The van der Waals surface area contributed by atoms with E-state index in [9.17, 15) is 0 Å². The molecule has 3 aromatic rings. The van der Waals surface area contributed by atoms with Crippen molar-refractivity contribution in [3.63, 3.8) is 0 Å². The molecular weight excluding hydrogens is 284 g/mol. The molecule has 0 fully saturated rings. The van der Waals surface area contributed by atoms with Gasteiger partial charge in [-0.05, 0) is 39.0 Å². The van der Waals surface area contributed by atoms with Crippen LogP contribution in [0.1, 0.15) is 20.8 Å². The molecule has 4 nitrogen and oxygen atoms in total. The Morgan fingerprint density at radius 3 is 2.71 bits per heavy atom. The highest BCUT2D eigenvalue weighted by Gasteiger charge is 2.19. The summed E-state index contributed by atoms with van der Waals surface area (Å²) in [6.45, 7) is 6.35. The second-order valence-electron chi connectivity index (χ2n) is 5.98. The maximum atomic E-state index is 6.11. The van der Waals surface area contributed by atoms with Crippen LogP contribution in [0, 0.1) is 0 Å². The fraction of sp³-hybridized carbons (Fsp3) is 0.250. The second-order valence-corrected chi connectivity index (χ2v) is 6.42. The molecule has 21 heavy (non-hydrogen) atoms. The minimum Gasteiger partial charge on any atom is -0.365 e. The van der Waals surface area contributed by atoms with Crippen LogP contribution in [-0.4, -0.2) is 19.9 Å². The van der Waals surface area contributed by atoms with Crippen molar-refractivity contribution < 1.29 is 0 Å². The Bertz CT molecular complexity index is 786. The SMILES string of the molecule is CC(C)(C)Nc1c(-c2cccc(Cl)c2)nc2ncccn12. The average Bonchev–Trinajstić information content (AvgIpc) is 2.76. The molecule has 0 aliphatic carbocycles. The molecule has 1 N–H and O–H groups in total. The first-order valence-corrected chi connectivity index (χ1v) is 7.19. The molecule has 5 heteroatoms. The zero-order chi connectivity index (χ0) is 15.0. The van der Waals surface area contributed by atoms with Crippen LogP contribution >= 0.6 is 11.6 Å². The molecule has 0 atom stereocenters. The molecule has 0 bridgehead atoms. The first-order chi connectivity index (χ1) is 9.94. The van der Waals surface area contributed by atoms with E-state index in [0.29, 0.717) is 10.8 Å². The molecule has 0 spiro atoms. The number of rotatable bonds is 2. The third-order valence-corrected chi connectivity index (χ3v) is 3.23. The Labute approximate surface area is 128 Å². The normalized spacial score (nSPS) is 11.8. The van der Waals surface area contributed by atoms with Gasteiger partial charge in [-0.1, -0.05) is 23.7 Å². The summed E-state index contributed by atoms with van der Waals surface area (Å²) in [7, 11) is 0. The second kappa shape index (κ2) is 5.04. The molecule has 0 amide bonds. The van der Waals surface area contributed by atoms with Crippen molar-refractivity contribution in [1.82, 2.24) is 14.4 Å². The zero-order valence-electron chi connectivity index (χ0n) is 12.3. The molecule has 0 unspecified atom stereocenters. The molecule has 2 heterocycles. The van der Waals surface area contributed by atoms with Crippen molar-refractivity contribution in [2.45, 2.75) is 26.3 Å². The van der Waals surface area contributed by atoms with Gasteiger partial charge in [-0.25, -0.2) is 9.97 Å². The molecule has 0 saturated heterocycles. The molecule has 108 valence electrons. The van der Waals surface area contributed by atoms with Gasteiger partial charge in [0.25, 0.3) is 0 Å². The van der Waals surface area contributed by atoms with Crippen LogP contribution in [0.2, 0.25) is 5.02 Å². The molecule has 2 aromatic heterocycles. The van der Waals surface area contributed by atoms with E-state index in [1.807, 2.05) is 40.9 Å². The van der Waals surface area contributed by atoms with Gasteiger partial charge in [-0.3, -0.25) is 4.40 Å². The quantitative estimate of drug-likeness (QED) is 0.769. The van der Waals surface area contributed by atoms with E-state index in [1.165, 1.54) is 0 Å². The number of hydrogen-bond donors (Lipinski definition) is 1. The highest BCUT2D eigenvalue weighted by Crippen LogP contribution is 2.31. The maximum absolute atomic E-state index is 6.11. The van der Waals surface area contributed by atoms with Gasteiger partial charge < -0.3 is 5.32 Å². The highest BCUT2D eigenvalue weighted by molar-refractivity contribution is 6.30. The number of fused-ring (bicyclic) bond motifs is 1. The van der Waals surface area contributed by atoms with E-state index >= 15 is 0 Å². The molecule has 3 rings (SSSR count). The summed E-state index contributed by atoms with van der Waals surface area (Å²) >= 11 is 6.11. The van der Waals surface area contributed by atoms with E-state index < -0.39 is 0 Å². The Kier molecular flexibility index (Phi) is 3.33. The Hall–Kier alpha value is -2.07. The van der Waals surface area contributed by atoms with Gasteiger partial charge in [0.05, 0.1) is 0 Å². The summed E-state index contributed by atoms with van der Waals surface area (Å²) in [6, 6.07) is 9.59. The fourth-order valence-electron chi connectivity index (χ4n) is 2.20. The van der Waals surface area contributed by atoms with Gasteiger partial charge in [-0.2, -0.15) is 0 Å². The lowest BCUT2D eigenvalue weighted by Gasteiger charge is -2.22. The van der Waals surface area contributed by atoms with Crippen molar-refractivity contribution in [3.05, 3.63) is 47.7 Å². The lowest BCUT2D eigenvalue weighted by molar-refractivity contribution is 0.629. The summed E-state index contributed by atoms with van der Waals surface area (Å²) in [5.74, 6) is 1.59. The number of nitrogens with zero attached hydrogens (tertiary/aromatic N) is 3. The van der Waals surface area contributed by atoms with E-state index in [0.717, 1.165) is 17.1 Å². The van der Waals surface area contributed by atoms with Crippen LogP contribution in [-0.2, 0) is 0 Å². The Morgan fingerprint density at radius 2 is 2.00 bits per heavy atom. The summed E-state index contributed by atoms with van der Waals surface area (Å²) in [5, 5.41) is 4.20. The van der Waals surface area contributed by atoms with Crippen molar-refractivity contribution in [2.75, 3.05) is 5.32 Å². The lowest BCUT2D eigenvalue weighted by atomic mass is 10.1. The van der Waals surface area contributed by atoms with Crippen LogP contribution in [0.25, 0.3) is 17.0 Å². The predicted octanol–water partition coefficient (Wildman–Crippen LogP) is 4.26. The average molecular weight is 301 g/mol. The summed E-state index contributed by atoms with van der Waals surface area (Å²) in [5.41, 5.74) is 1.74. The van der Waals surface area contributed by atoms with E-state index in [-0.39, 0.29) is 5.54 Å². The Balaban J connectivity index is 2.24. The van der Waals surface area contributed by atoms with Crippen LogP contribution in [0.15, 0.2) is 42.7 Å². The molecule has 0 aliphatic rings. The minimum absolute atomic E-state index is 0.0842. The van der Waals surface area contributed by atoms with Gasteiger partial charge in [0.1, 0.15) is 11.5 Å². The van der Waals surface area contributed by atoms with Gasteiger partial charge in [0.15, 0.2) is 0 Å². The highest BCUT2D eigenvalue weighted by atomic mass is 35.5. The molecule has 0 aliphatic heterocycles. The molecule has 0 radical (unpaired) electrons. The first kappa shape index (κ1) is 13.9. The number of nitrogens with one attached hydrogen (secondary N) is 1. The standard InChI is InChI=1S/C16H17ClN4/c1-16(2,3)20-14-13(11-6-4-7-12(17)10-11)19-15-18-8-5-9-21(14)15/h4-10,20H,1-3H3. The van der Waals surface area contributed by atoms with E-state index in [2.05, 4.69) is 36.1 Å². The van der Waals surface area contributed by atoms with Crippen molar-refractivity contribution >= 4 is 23.2 Å². The van der Waals surface area contributed by atoms with Crippen molar-refractivity contribution in [1.29, 1.82) is 0 Å². The van der Waals surface area contributed by atoms with Crippen molar-refractivity contribution in [3.8, 4) is 11.3 Å².